The van der Waals surface area contributed by atoms with Gasteiger partial charge in [0.15, 0.2) is 0 Å². The fourth-order valence-corrected chi connectivity index (χ4v) is 1.52. The first-order chi connectivity index (χ1) is 7.45. The lowest BCUT2D eigenvalue weighted by atomic mass is 10.2. The number of hydrogen-bond donors (Lipinski definition) is 1. The highest BCUT2D eigenvalue weighted by Gasteiger charge is 2.09. The molecule has 1 rings (SSSR count). The van der Waals surface area contributed by atoms with Crippen molar-refractivity contribution in [2.75, 3.05) is 13.2 Å². The summed E-state index contributed by atoms with van der Waals surface area (Å²) >= 11 is 0. The molecule has 0 saturated carbocycles. The maximum absolute atomic E-state index is 11.3. The average Bonchev–Trinajstić information content (AvgIpc) is 2.25. The highest BCUT2D eigenvalue weighted by atomic mass is 32.2. The second kappa shape index (κ2) is 5.06. The van der Waals surface area contributed by atoms with Crippen LogP contribution in [0, 0.1) is 0 Å². The van der Waals surface area contributed by atoms with Crippen LogP contribution in [-0.4, -0.2) is 37.3 Å². The van der Waals surface area contributed by atoms with Crippen molar-refractivity contribution in [3.63, 3.8) is 0 Å². The second-order valence-electron chi connectivity index (χ2n) is 2.84. The summed E-state index contributed by atoms with van der Waals surface area (Å²) in [5.41, 5.74) is -0.0506. The van der Waals surface area contributed by atoms with Crippen LogP contribution in [0.2, 0.25) is 0 Å². The van der Waals surface area contributed by atoms with Gasteiger partial charge in [-0.15, -0.1) is 0 Å². The molecule has 0 atom stereocenters. The van der Waals surface area contributed by atoms with Crippen LogP contribution in [0.15, 0.2) is 29.2 Å². The van der Waals surface area contributed by atoms with Gasteiger partial charge in [0.2, 0.25) is 0 Å². The first-order valence-electron chi connectivity index (χ1n) is 4.29. The van der Waals surface area contributed by atoms with E-state index in [0.29, 0.717) is 0 Å². The van der Waals surface area contributed by atoms with Gasteiger partial charge in [-0.2, -0.15) is 0 Å². The molecule has 0 unspecified atom stereocenters. The zero-order valence-corrected chi connectivity index (χ0v) is 8.94. The Morgan fingerprint density at radius 1 is 1.44 bits per heavy atom. The molecule has 0 radical (unpaired) electrons. The summed E-state index contributed by atoms with van der Waals surface area (Å²) in [7, 11) is -4.59. The van der Waals surface area contributed by atoms with Crippen molar-refractivity contribution in [1.82, 2.24) is 0 Å². The summed E-state index contributed by atoms with van der Waals surface area (Å²) < 4.78 is 36.6. The van der Waals surface area contributed by atoms with Gasteiger partial charge in [-0.1, -0.05) is 6.07 Å². The van der Waals surface area contributed by atoms with E-state index >= 15 is 0 Å². The highest BCUT2D eigenvalue weighted by Crippen LogP contribution is 2.11. The highest BCUT2D eigenvalue weighted by molar-refractivity contribution is 7.85. The smallest absolute Gasteiger partial charge is 0.338 e. The van der Waals surface area contributed by atoms with Gasteiger partial charge in [0.1, 0.15) is 16.7 Å². The summed E-state index contributed by atoms with van der Waals surface area (Å²) in [6.07, 6.45) is 0. The molecule has 6 nitrogen and oxygen atoms in total. The molecule has 0 aliphatic rings. The van der Waals surface area contributed by atoms with E-state index in [1.54, 1.807) is 0 Å². The van der Waals surface area contributed by atoms with E-state index in [0.717, 1.165) is 12.1 Å². The van der Waals surface area contributed by atoms with Gasteiger partial charge in [-0.25, -0.2) is 13.2 Å². The maximum Gasteiger partial charge on any atom is 0.338 e. The Labute approximate surface area is 92.2 Å². The van der Waals surface area contributed by atoms with E-state index in [1.165, 1.54) is 12.1 Å². The summed E-state index contributed by atoms with van der Waals surface area (Å²) in [5.74, 6) is -0.792. The van der Waals surface area contributed by atoms with Crippen molar-refractivity contribution in [3.8, 4) is 0 Å². The molecule has 0 fully saturated rings. The van der Waals surface area contributed by atoms with Crippen LogP contribution in [0.3, 0.4) is 0 Å². The lowest BCUT2D eigenvalue weighted by molar-refractivity contribution is 0.0433. The summed E-state index contributed by atoms with van der Waals surface area (Å²) in [5, 5.41) is 8.42. The number of carbonyl (C=O) groups is 1. The van der Waals surface area contributed by atoms with E-state index < -0.39 is 21.0 Å². The Balaban J connectivity index is 2.95. The van der Waals surface area contributed by atoms with Gasteiger partial charge in [-0.05, 0) is 18.2 Å². The zero-order valence-electron chi connectivity index (χ0n) is 8.12. The first-order valence-corrected chi connectivity index (χ1v) is 5.70. The molecule has 0 aliphatic heterocycles. The lowest BCUT2D eigenvalue weighted by Gasteiger charge is -2.08. The largest absolute Gasteiger partial charge is 0.744 e. The minimum Gasteiger partial charge on any atom is -0.744 e. The molecule has 0 saturated heterocycles. The molecule has 0 spiro atoms. The zero-order chi connectivity index (χ0) is 12.2. The van der Waals surface area contributed by atoms with Gasteiger partial charge in [0, 0.05) is 0 Å². The molecule has 0 bridgehead atoms. The van der Waals surface area contributed by atoms with Crippen LogP contribution in [0.1, 0.15) is 10.4 Å². The van der Waals surface area contributed by atoms with E-state index in [4.69, 9.17) is 5.11 Å². The Bertz CT molecular complexity index is 479. The van der Waals surface area contributed by atoms with Crippen LogP contribution in [0.25, 0.3) is 0 Å². The van der Waals surface area contributed by atoms with Crippen LogP contribution >= 0.6 is 0 Å². The number of ether oxygens (including phenoxy) is 1. The monoisotopic (exact) mass is 245 g/mol. The van der Waals surface area contributed by atoms with Crippen LogP contribution in [0.4, 0.5) is 0 Å². The number of aliphatic hydroxyl groups is 1. The van der Waals surface area contributed by atoms with Crippen molar-refractivity contribution in [1.29, 1.82) is 0 Å². The molecule has 0 heterocycles. The van der Waals surface area contributed by atoms with E-state index in [1.807, 2.05) is 0 Å². The van der Waals surface area contributed by atoms with Gasteiger partial charge in [-0.3, -0.25) is 0 Å². The summed E-state index contributed by atoms with van der Waals surface area (Å²) in [4.78, 5) is 10.8. The molecule has 0 aromatic heterocycles. The van der Waals surface area contributed by atoms with E-state index in [-0.39, 0.29) is 18.8 Å². The third kappa shape index (κ3) is 3.30. The molecule has 0 aliphatic carbocycles. The number of carbonyl (C=O) groups excluding carboxylic acids is 1. The fourth-order valence-electron chi connectivity index (χ4n) is 1.00. The maximum atomic E-state index is 11.3. The standard InChI is InChI=1S/C9H10O6S/c10-4-5-15-9(11)7-2-1-3-8(6-7)16(12,13)14/h1-3,6,10H,4-5H2,(H,12,13,14)/p-1. The van der Waals surface area contributed by atoms with Crippen LogP contribution < -0.4 is 0 Å². The first kappa shape index (κ1) is 12.6. The topological polar surface area (TPSA) is 104 Å². The number of rotatable bonds is 4. The van der Waals surface area contributed by atoms with Crippen LogP contribution in [0.5, 0.6) is 0 Å². The number of esters is 1. The van der Waals surface area contributed by atoms with Gasteiger partial charge < -0.3 is 14.4 Å². The quantitative estimate of drug-likeness (QED) is 0.579. The molecule has 1 aromatic rings. The summed E-state index contributed by atoms with van der Waals surface area (Å²) in [6.45, 7) is -0.515. The molecular formula is C9H9O6S-. The average molecular weight is 245 g/mol. The molecule has 88 valence electrons. The number of benzene rings is 1. The summed E-state index contributed by atoms with van der Waals surface area (Å²) in [6, 6.07) is 4.60. The van der Waals surface area contributed by atoms with E-state index in [9.17, 15) is 17.8 Å². The van der Waals surface area contributed by atoms with Crippen molar-refractivity contribution in [2.24, 2.45) is 0 Å². The van der Waals surface area contributed by atoms with Crippen molar-refractivity contribution in [3.05, 3.63) is 29.8 Å². The molecule has 0 amide bonds. The SMILES string of the molecule is O=C(OCCO)c1cccc(S(=O)(=O)[O-])c1. The predicted octanol–water partition coefficient (Wildman–Crippen LogP) is -0.260. The fraction of sp³-hybridized carbons (Fsp3) is 0.222. The minimum absolute atomic E-state index is 0.0506. The van der Waals surface area contributed by atoms with Crippen LogP contribution in [-0.2, 0) is 14.9 Å². The second-order valence-corrected chi connectivity index (χ2v) is 4.22. The Morgan fingerprint density at radius 3 is 2.69 bits per heavy atom. The minimum atomic E-state index is -4.59. The van der Waals surface area contributed by atoms with Crippen molar-refractivity contribution in [2.45, 2.75) is 4.90 Å². The van der Waals surface area contributed by atoms with Crippen molar-refractivity contribution >= 4 is 16.1 Å². The predicted molar refractivity (Wildman–Crippen MR) is 51.8 cm³/mol. The van der Waals surface area contributed by atoms with Gasteiger partial charge >= 0.3 is 5.97 Å². The Morgan fingerprint density at radius 2 is 2.12 bits per heavy atom. The molecule has 1 aromatic carbocycles. The molecule has 7 heteroatoms. The molecule has 16 heavy (non-hydrogen) atoms. The van der Waals surface area contributed by atoms with Gasteiger partial charge in [0.25, 0.3) is 0 Å². The lowest BCUT2D eigenvalue weighted by Crippen LogP contribution is -2.09. The Kier molecular flexibility index (Phi) is 3.99. The molecular weight excluding hydrogens is 236 g/mol. The van der Waals surface area contributed by atoms with Gasteiger partial charge in [0.05, 0.1) is 17.1 Å². The normalized spacial score (nSPS) is 11.1. The third-order valence-corrected chi connectivity index (χ3v) is 2.51. The third-order valence-electron chi connectivity index (χ3n) is 1.68. The number of hydrogen-bond acceptors (Lipinski definition) is 6. The van der Waals surface area contributed by atoms with E-state index in [2.05, 4.69) is 4.74 Å². The van der Waals surface area contributed by atoms with Crippen molar-refractivity contribution < 1.29 is 27.6 Å². The number of aliphatic hydroxyl groups excluding tert-OH is 1. The Hall–Kier alpha value is -1.44. The molecule has 1 N–H and O–H groups in total.